The highest BCUT2D eigenvalue weighted by atomic mass is 32.1. The predicted molar refractivity (Wildman–Crippen MR) is 225 cm³/mol. The number of hydrogen-bond donors (Lipinski definition) is 0. The van der Waals surface area contributed by atoms with E-state index in [9.17, 15) is 0 Å². The largest absolute Gasteiger partial charge is 0.456 e. The van der Waals surface area contributed by atoms with Gasteiger partial charge in [-0.25, -0.2) is 4.98 Å². The lowest BCUT2D eigenvalue weighted by Crippen LogP contribution is -2.10. The third kappa shape index (κ3) is 5.01. The number of rotatable bonds is 6. The lowest BCUT2D eigenvalue weighted by molar-refractivity contribution is 0.669. The molecule has 0 radical (unpaired) electrons. The second-order valence-corrected chi connectivity index (χ2v) is 14.5. The Labute approximate surface area is 314 Å². The molecule has 3 heterocycles. The summed E-state index contributed by atoms with van der Waals surface area (Å²) in [5.41, 5.74) is 13.3. The van der Waals surface area contributed by atoms with Crippen LogP contribution in [0, 0.1) is 0 Å². The van der Waals surface area contributed by atoms with Crippen molar-refractivity contribution in [1.82, 2.24) is 4.98 Å². The van der Waals surface area contributed by atoms with Crippen molar-refractivity contribution in [3.63, 3.8) is 0 Å². The molecule has 0 aliphatic rings. The standard InChI is InChI=1S/C49H30N2O2S/c1-3-10-31(11-4-1)32-18-23-36(24-19-32)51(42-16-9-15-39-38-14-7-8-17-43(38)53-47(39)42)37-25-20-33(21-26-37)35-22-28-44-40(30-35)46-45(52-44)29-27-41-48(46)54-49(50-41)34-12-5-2-6-13-34/h1-30H. The van der Waals surface area contributed by atoms with Crippen molar-refractivity contribution >= 4 is 82.5 Å². The van der Waals surface area contributed by atoms with Crippen LogP contribution in [0.2, 0.25) is 0 Å². The Balaban J connectivity index is 1.02. The van der Waals surface area contributed by atoms with Gasteiger partial charge in [0.25, 0.3) is 0 Å². The lowest BCUT2D eigenvalue weighted by Gasteiger charge is -2.26. The number of nitrogens with zero attached hydrogens (tertiary/aromatic N) is 2. The molecular formula is C49H30N2O2S. The van der Waals surface area contributed by atoms with Crippen LogP contribution in [0.3, 0.4) is 0 Å². The second kappa shape index (κ2) is 12.3. The molecule has 254 valence electrons. The van der Waals surface area contributed by atoms with Crippen molar-refractivity contribution in [3.8, 4) is 32.8 Å². The molecule has 5 heteroatoms. The van der Waals surface area contributed by atoms with Gasteiger partial charge in [-0.15, -0.1) is 11.3 Å². The number of para-hydroxylation sites is 2. The van der Waals surface area contributed by atoms with Crippen molar-refractivity contribution < 1.29 is 8.83 Å². The first-order valence-electron chi connectivity index (χ1n) is 18.0. The fourth-order valence-electron chi connectivity index (χ4n) is 7.70. The molecule has 0 aliphatic carbocycles. The average Bonchev–Trinajstić information content (AvgIpc) is 3.96. The molecule has 0 aliphatic heterocycles. The van der Waals surface area contributed by atoms with E-state index in [1.165, 1.54) is 11.1 Å². The minimum absolute atomic E-state index is 0.858. The first-order chi connectivity index (χ1) is 26.7. The molecule has 0 N–H and O–H groups in total. The summed E-state index contributed by atoms with van der Waals surface area (Å²) in [5.74, 6) is 0. The molecule has 0 atom stereocenters. The predicted octanol–water partition coefficient (Wildman–Crippen LogP) is 14.6. The Kier molecular flexibility index (Phi) is 7.00. The minimum Gasteiger partial charge on any atom is -0.456 e. The summed E-state index contributed by atoms with van der Waals surface area (Å²) in [6.07, 6.45) is 0. The van der Waals surface area contributed by atoms with E-state index in [-0.39, 0.29) is 0 Å². The fraction of sp³-hybridized carbons (Fsp3) is 0. The highest BCUT2D eigenvalue weighted by Gasteiger charge is 2.20. The maximum absolute atomic E-state index is 6.56. The quantitative estimate of drug-likeness (QED) is 0.172. The summed E-state index contributed by atoms with van der Waals surface area (Å²) >= 11 is 1.72. The Morgan fingerprint density at radius 1 is 0.426 bits per heavy atom. The molecule has 11 rings (SSSR count). The van der Waals surface area contributed by atoms with E-state index in [2.05, 4.69) is 157 Å². The number of thiazole rings is 1. The van der Waals surface area contributed by atoms with Crippen LogP contribution in [0.25, 0.3) is 86.9 Å². The van der Waals surface area contributed by atoms with Gasteiger partial charge >= 0.3 is 0 Å². The van der Waals surface area contributed by atoms with Crippen LogP contribution < -0.4 is 4.90 Å². The van der Waals surface area contributed by atoms with Gasteiger partial charge in [0, 0.05) is 38.5 Å². The third-order valence-electron chi connectivity index (χ3n) is 10.3. The van der Waals surface area contributed by atoms with E-state index in [0.717, 1.165) is 92.9 Å². The van der Waals surface area contributed by atoms with Gasteiger partial charge in [0.15, 0.2) is 5.58 Å². The average molecular weight is 711 g/mol. The molecule has 0 amide bonds. The molecular weight excluding hydrogens is 681 g/mol. The van der Waals surface area contributed by atoms with E-state index >= 15 is 0 Å². The zero-order valence-corrected chi connectivity index (χ0v) is 29.8. The first kappa shape index (κ1) is 30.7. The van der Waals surface area contributed by atoms with Gasteiger partial charge in [0.2, 0.25) is 0 Å². The number of benzene rings is 8. The summed E-state index contributed by atoms with van der Waals surface area (Å²) in [7, 11) is 0. The molecule has 11 aromatic rings. The number of hydrogen-bond acceptors (Lipinski definition) is 5. The molecule has 8 aromatic carbocycles. The smallest absolute Gasteiger partial charge is 0.159 e. The number of fused-ring (bicyclic) bond motifs is 8. The molecule has 0 bridgehead atoms. The van der Waals surface area contributed by atoms with Crippen molar-refractivity contribution in [2.45, 2.75) is 0 Å². The maximum Gasteiger partial charge on any atom is 0.159 e. The highest BCUT2D eigenvalue weighted by molar-refractivity contribution is 7.22. The van der Waals surface area contributed by atoms with Gasteiger partial charge in [-0.2, -0.15) is 0 Å². The topological polar surface area (TPSA) is 42.4 Å². The molecule has 4 nitrogen and oxygen atoms in total. The van der Waals surface area contributed by atoms with Crippen LogP contribution in [-0.4, -0.2) is 4.98 Å². The highest BCUT2D eigenvalue weighted by Crippen LogP contribution is 2.44. The van der Waals surface area contributed by atoms with Crippen LogP contribution in [0.4, 0.5) is 17.1 Å². The molecule has 0 unspecified atom stereocenters. The Bertz CT molecular complexity index is 3140. The van der Waals surface area contributed by atoms with Crippen molar-refractivity contribution in [2.75, 3.05) is 4.90 Å². The van der Waals surface area contributed by atoms with Crippen LogP contribution in [0.5, 0.6) is 0 Å². The lowest BCUT2D eigenvalue weighted by atomic mass is 10.0. The van der Waals surface area contributed by atoms with E-state index in [1.54, 1.807) is 11.3 Å². The van der Waals surface area contributed by atoms with Gasteiger partial charge in [-0.1, -0.05) is 121 Å². The van der Waals surface area contributed by atoms with E-state index in [0.29, 0.717) is 0 Å². The van der Waals surface area contributed by atoms with E-state index in [4.69, 9.17) is 13.8 Å². The van der Waals surface area contributed by atoms with Crippen LogP contribution >= 0.6 is 11.3 Å². The third-order valence-corrected chi connectivity index (χ3v) is 11.5. The summed E-state index contributed by atoms with van der Waals surface area (Å²) < 4.78 is 14.1. The van der Waals surface area contributed by atoms with Crippen molar-refractivity contribution in [2.24, 2.45) is 0 Å². The fourth-order valence-corrected chi connectivity index (χ4v) is 8.82. The molecule has 3 aromatic heterocycles. The minimum atomic E-state index is 0.858. The summed E-state index contributed by atoms with van der Waals surface area (Å²) in [6.45, 7) is 0. The Morgan fingerprint density at radius 3 is 1.78 bits per heavy atom. The van der Waals surface area contributed by atoms with Gasteiger partial charge in [0.05, 0.1) is 15.9 Å². The van der Waals surface area contributed by atoms with Crippen LogP contribution in [0.15, 0.2) is 191 Å². The number of anilines is 3. The van der Waals surface area contributed by atoms with Crippen molar-refractivity contribution in [1.29, 1.82) is 0 Å². The summed E-state index contributed by atoms with van der Waals surface area (Å²) in [4.78, 5) is 7.29. The van der Waals surface area contributed by atoms with E-state index in [1.807, 2.05) is 30.3 Å². The molecule has 0 spiro atoms. The molecule has 0 saturated heterocycles. The SMILES string of the molecule is c1ccc(-c2ccc(N(c3ccc(-c4ccc5oc6ccc7nc(-c8ccccc8)sc7c6c5c4)cc3)c3cccc4c3oc3ccccc34)cc2)cc1. The Hall–Kier alpha value is -6.95. The monoisotopic (exact) mass is 710 g/mol. The van der Waals surface area contributed by atoms with Gasteiger partial charge in [-0.05, 0) is 82.9 Å². The maximum atomic E-state index is 6.56. The van der Waals surface area contributed by atoms with Gasteiger partial charge in [0.1, 0.15) is 21.8 Å². The number of aromatic nitrogens is 1. The molecule has 0 fully saturated rings. The zero-order valence-electron chi connectivity index (χ0n) is 28.9. The first-order valence-corrected chi connectivity index (χ1v) is 18.8. The molecule has 54 heavy (non-hydrogen) atoms. The van der Waals surface area contributed by atoms with Gasteiger partial charge in [-0.3, -0.25) is 0 Å². The second-order valence-electron chi connectivity index (χ2n) is 13.5. The normalized spacial score (nSPS) is 11.7. The Morgan fingerprint density at radius 2 is 1.02 bits per heavy atom. The zero-order chi connectivity index (χ0) is 35.6. The number of furan rings is 2. The molecule has 0 saturated carbocycles. The summed E-state index contributed by atoms with van der Waals surface area (Å²) in [5, 5.41) is 5.42. The van der Waals surface area contributed by atoms with Crippen LogP contribution in [0.1, 0.15) is 0 Å². The van der Waals surface area contributed by atoms with E-state index < -0.39 is 0 Å². The van der Waals surface area contributed by atoms with Crippen LogP contribution in [-0.2, 0) is 0 Å². The summed E-state index contributed by atoms with van der Waals surface area (Å²) in [6, 6.07) is 63.7. The van der Waals surface area contributed by atoms with Gasteiger partial charge < -0.3 is 13.7 Å². The van der Waals surface area contributed by atoms with Crippen molar-refractivity contribution in [3.05, 3.63) is 182 Å².